The molecule has 1 aromatic carbocycles. The Labute approximate surface area is 79.2 Å². The molecule has 0 saturated heterocycles. The van der Waals surface area contributed by atoms with E-state index in [1.54, 1.807) is 12.1 Å². The fourth-order valence-electron chi connectivity index (χ4n) is 1.17. The molecule has 0 bridgehead atoms. The van der Waals surface area contributed by atoms with Crippen LogP contribution in [0.1, 0.15) is 0 Å². The van der Waals surface area contributed by atoms with Crippen molar-refractivity contribution in [2.75, 3.05) is 5.01 Å². The van der Waals surface area contributed by atoms with Crippen molar-refractivity contribution in [3.63, 3.8) is 0 Å². The molecule has 1 atom stereocenters. The summed E-state index contributed by atoms with van der Waals surface area (Å²) in [6.45, 7) is 0. The van der Waals surface area contributed by atoms with Crippen molar-refractivity contribution in [1.82, 2.24) is 5.53 Å². The summed E-state index contributed by atoms with van der Waals surface area (Å²) in [5.41, 5.74) is 3.00. The summed E-state index contributed by atoms with van der Waals surface area (Å²) >= 11 is 0. The van der Waals surface area contributed by atoms with Crippen LogP contribution in [0.3, 0.4) is 0 Å². The van der Waals surface area contributed by atoms with Gasteiger partial charge in [-0.15, -0.1) is 5.11 Å². The van der Waals surface area contributed by atoms with Gasteiger partial charge in [0.05, 0.1) is 5.69 Å². The van der Waals surface area contributed by atoms with Crippen LogP contribution in [-0.4, -0.2) is 12.5 Å². The van der Waals surface area contributed by atoms with E-state index in [0.29, 0.717) is 12.0 Å². The highest BCUT2D eigenvalue weighted by molar-refractivity contribution is 5.65. The lowest BCUT2D eigenvalue weighted by Gasteiger charge is -2.18. The van der Waals surface area contributed by atoms with Gasteiger partial charge in [-0.3, -0.25) is 4.79 Å². The molecule has 0 aromatic heterocycles. The molecule has 1 aliphatic heterocycles. The fourth-order valence-corrected chi connectivity index (χ4v) is 1.17. The summed E-state index contributed by atoms with van der Waals surface area (Å²) in [6.07, 6.45) is -0.106. The maximum atomic E-state index is 12.8. The molecule has 0 spiro atoms. The lowest BCUT2D eigenvalue weighted by molar-refractivity contribution is -0.108. The van der Waals surface area contributed by atoms with Gasteiger partial charge in [-0.2, -0.15) is 5.53 Å². The van der Waals surface area contributed by atoms with E-state index in [9.17, 15) is 9.18 Å². The third-order valence-electron chi connectivity index (χ3n) is 1.80. The highest BCUT2D eigenvalue weighted by Gasteiger charge is 2.22. The number of hydrogen-bond acceptors (Lipinski definition) is 5. The lowest BCUT2D eigenvalue weighted by Crippen LogP contribution is -2.38. The molecular formula is C8H7FN4O. The first-order valence-corrected chi connectivity index (χ1v) is 3.97. The molecule has 0 radical (unpaired) electrons. The lowest BCUT2D eigenvalue weighted by atomic mass is 10.3. The number of carbonyl (C=O) groups is 1. The molecule has 14 heavy (non-hydrogen) atoms. The Morgan fingerprint density at radius 2 is 2.43 bits per heavy atom. The minimum atomic E-state index is -0.725. The largest absolute Gasteiger partial charge is 0.299 e. The van der Waals surface area contributed by atoms with Crippen LogP contribution in [0.4, 0.5) is 10.1 Å². The highest BCUT2D eigenvalue weighted by atomic mass is 19.1. The quantitative estimate of drug-likeness (QED) is 0.715. The molecule has 1 aliphatic rings. The van der Waals surface area contributed by atoms with Gasteiger partial charge in [0.15, 0.2) is 6.29 Å². The first kappa shape index (κ1) is 8.61. The van der Waals surface area contributed by atoms with Crippen LogP contribution in [0.15, 0.2) is 34.6 Å². The Hall–Kier alpha value is -1.98. The SMILES string of the molecule is O=CC1N=NNN1c1cccc(F)c1. The van der Waals surface area contributed by atoms with Gasteiger partial charge in [-0.05, 0) is 18.2 Å². The van der Waals surface area contributed by atoms with Gasteiger partial charge in [0.2, 0.25) is 6.17 Å². The van der Waals surface area contributed by atoms with Crippen molar-refractivity contribution in [3.05, 3.63) is 30.1 Å². The molecule has 1 aromatic rings. The van der Waals surface area contributed by atoms with E-state index in [1.165, 1.54) is 17.1 Å². The number of benzene rings is 1. The first-order valence-electron chi connectivity index (χ1n) is 3.97. The van der Waals surface area contributed by atoms with Crippen LogP contribution in [0.25, 0.3) is 0 Å². The van der Waals surface area contributed by atoms with Crippen LogP contribution >= 0.6 is 0 Å². The normalized spacial score (nSPS) is 19.5. The van der Waals surface area contributed by atoms with Crippen LogP contribution in [0, 0.1) is 5.82 Å². The van der Waals surface area contributed by atoms with Gasteiger partial charge in [-0.25, -0.2) is 9.40 Å². The minimum absolute atomic E-state index is 0.374. The van der Waals surface area contributed by atoms with E-state index in [4.69, 9.17) is 0 Å². The second kappa shape index (κ2) is 3.41. The van der Waals surface area contributed by atoms with Crippen LogP contribution in [-0.2, 0) is 4.79 Å². The molecule has 1 unspecified atom stereocenters. The Morgan fingerprint density at radius 3 is 3.14 bits per heavy atom. The fraction of sp³-hybridized carbons (Fsp3) is 0.125. The monoisotopic (exact) mass is 194 g/mol. The van der Waals surface area contributed by atoms with Crippen molar-refractivity contribution < 1.29 is 9.18 Å². The maximum absolute atomic E-state index is 12.8. The zero-order valence-electron chi connectivity index (χ0n) is 7.09. The van der Waals surface area contributed by atoms with Crippen LogP contribution < -0.4 is 10.5 Å². The Balaban J connectivity index is 2.27. The molecular weight excluding hydrogens is 187 g/mol. The number of anilines is 1. The summed E-state index contributed by atoms with van der Waals surface area (Å²) in [5, 5.41) is 8.43. The number of carbonyl (C=O) groups excluding carboxylic acids is 1. The van der Waals surface area contributed by atoms with Gasteiger partial charge in [-0.1, -0.05) is 11.3 Å². The molecule has 0 saturated carbocycles. The van der Waals surface area contributed by atoms with Gasteiger partial charge in [0, 0.05) is 0 Å². The van der Waals surface area contributed by atoms with Gasteiger partial charge in [0.25, 0.3) is 0 Å². The third-order valence-corrected chi connectivity index (χ3v) is 1.80. The number of hydrogen-bond donors (Lipinski definition) is 1. The first-order chi connectivity index (χ1) is 6.81. The van der Waals surface area contributed by atoms with E-state index in [1.807, 2.05) is 0 Å². The average molecular weight is 194 g/mol. The van der Waals surface area contributed by atoms with Gasteiger partial charge >= 0.3 is 0 Å². The summed E-state index contributed by atoms with van der Waals surface area (Å²) in [5.74, 6) is -0.374. The molecule has 72 valence electrons. The molecule has 6 heteroatoms. The Bertz CT molecular complexity index is 381. The van der Waals surface area contributed by atoms with Crippen LogP contribution in [0.2, 0.25) is 0 Å². The van der Waals surface area contributed by atoms with E-state index in [0.717, 1.165) is 0 Å². The average Bonchev–Trinajstić information content (AvgIpc) is 2.65. The number of nitrogens with zero attached hydrogens (tertiary/aromatic N) is 3. The number of hydrazine groups is 1. The van der Waals surface area contributed by atoms with Crippen molar-refractivity contribution >= 4 is 12.0 Å². The number of rotatable bonds is 2. The zero-order valence-corrected chi connectivity index (χ0v) is 7.09. The van der Waals surface area contributed by atoms with E-state index in [2.05, 4.69) is 15.9 Å². The predicted molar refractivity (Wildman–Crippen MR) is 46.7 cm³/mol. The van der Waals surface area contributed by atoms with Gasteiger partial charge < -0.3 is 0 Å². The Kier molecular flexibility index (Phi) is 2.10. The van der Waals surface area contributed by atoms with E-state index in [-0.39, 0.29) is 5.82 Å². The van der Waals surface area contributed by atoms with Crippen LogP contribution in [0.5, 0.6) is 0 Å². The summed E-state index contributed by atoms with van der Waals surface area (Å²) in [6, 6.07) is 5.82. The number of halogens is 1. The second-order valence-corrected chi connectivity index (χ2v) is 2.72. The summed E-state index contributed by atoms with van der Waals surface area (Å²) in [4.78, 5) is 10.5. The minimum Gasteiger partial charge on any atom is -0.299 e. The topological polar surface area (TPSA) is 57.1 Å². The van der Waals surface area contributed by atoms with Crippen molar-refractivity contribution in [2.24, 2.45) is 10.3 Å². The van der Waals surface area contributed by atoms with E-state index >= 15 is 0 Å². The number of aldehydes is 1. The number of nitrogens with one attached hydrogen (secondary N) is 1. The standard InChI is InChI=1S/C8H7FN4O/c9-6-2-1-3-7(4-6)13-8(5-14)10-11-12-13/h1-5,8H,(H,10,12). The predicted octanol–water partition coefficient (Wildman–Crippen LogP) is 1.04. The van der Waals surface area contributed by atoms with Crippen molar-refractivity contribution in [2.45, 2.75) is 6.17 Å². The van der Waals surface area contributed by atoms with E-state index < -0.39 is 6.17 Å². The molecule has 2 rings (SSSR count). The zero-order chi connectivity index (χ0) is 9.97. The summed E-state index contributed by atoms with van der Waals surface area (Å²) < 4.78 is 12.8. The molecule has 5 nitrogen and oxygen atoms in total. The molecule has 0 amide bonds. The third kappa shape index (κ3) is 1.41. The molecule has 0 fully saturated rings. The molecule has 1 heterocycles. The smallest absolute Gasteiger partial charge is 0.219 e. The Morgan fingerprint density at radius 1 is 1.57 bits per heavy atom. The second-order valence-electron chi connectivity index (χ2n) is 2.72. The molecule has 1 N–H and O–H groups in total. The van der Waals surface area contributed by atoms with Gasteiger partial charge in [0.1, 0.15) is 5.82 Å². The maximum Gasteiger partial charge on any atom is 0.219 e. The summed E-state index contributed by atoms with van der Waals surface area (Å²) in [7, 11) is 0. The van der Waals surface area contributed by atoms with Crippen molar-refractivity contribution in [1.29, 1.82) is 0 Å². The molecule has 0 aliphatic carbocycles. The van der Waals surface area contributed by atoms with Crippen molar-refractivity contribution in [3.8, 4) is 0 Å². The highest BCUT2D eigenvalue weighted by Crippen LogP contribution is 2.18.